The molecule has 0 atom stereocenters. The lowest BCUT2D eigenvalue weighted by Gasteiger charge is -2.06. The fourth-order valence-electron chi connectivity index (χ4n) is 3.26. The maximum atomic E-state index is 14.4. The summed E-state index contributed by atoms with van der Waals surface area (Å²) >= 11 is 12.1. The van der Waals surface area contributed by atoms with E-state index in [2.05, 4.69) is 5.10 Å². The van der Waals surface area contributed by atoms with Crippen molar-refractivity contribution >= 4 is 40.1 Å². The van der Waals surface area contributed by atoms with Gasteiger partial charge >= 0.3 is 5.97 Å². The number of benzene rings is 2. The highest BCUT2D eigenvalue weighted by atomic mass is 35.5. The van der Waals surface area contributed by atoms with Crippen molar-refractivity contribution < 1.29 is 18.3 Å². The van der Waals surface area contributed by atoms with Gasteiger partial charge in [0.1, 0.15) is 17.2 Å². The molecule has 154 valence electrons. The van der Waals surface area contributed by atoms with Gasteiger partial charge < -0.3 is 9.15 Å². The summed E-state index contributed by atoms with van der Waals surface area (Å²) in [5.74, 6) is -0.586. The Labute approximate surface area is 182 Å². The SMILES string of the molecule is CCOC(=O)c1cc(C)n(Cc2cc(Cl)cc3cc(-c4ccc(Cl)cc4F)oc23)n1. The van der Waals surface area contributed by atoms with Crippen LogP contribution in [0.4, 0.5) is 4.39 Å². The first-order chi connectivity index (χ1) is 14.4. The Bertz CT molecular complexity index is 1260. The van der Waals surface area contributed by atoms with Crippen molar-refractivity contribution in [2.75, 3.05) is 6.61 Å². The Balaban J connectivity index is 1.75. The summed E-state index contributed by atoms with van der Waals surface area (Å²) in [5, 5.41) is 5.88. The third kappa shape index (κ3) is 3.93. The van der Waals surface area contributed by atoms with Crippen LogP contribution in [0.3, 0.4) is 0 Å². The van der Waals surface area contributed by atoms with Crippen LogP contribution < -0.4 is 0 Å². The lowest BCUT2D eigenvalue weighted by molar-refractivity contribution is 0.0518. The molecule has 0 spiro atoms. The molecule has 0 radical (unpaired) electrons. The molecule has 2 aromatic heterocycles. The fourth-order valence-corrected chi connectivity index (χ4v) is 3.67. The number of esters is 1. The van der Waals surface area contributed by atoms with Gasteiger partial charge in [-0.05, 0) is 56.3 Å². The third-order valence-corrected chi connectivity index (χ3v) is 5.09. The van der Waals surface area contributed by atoms with Crippen LogP contribution in [-0.4, -0.2) is 22.4 Å². The number of hydrogen-bond acceptors (Lipinski definition) is 4. The van der Waals surface area contributed by atoms with E-state index in [-0.39, 0.29) is 12.3 Å². The minimum Gasteiger partial charge on any atom is -0.461 e. The van der Waals surface area contributed by atoms with Crippen LogP contribution in [0.15, 0.2) is 46.9 Å². The van der Waals surface area contributed by atoms with Gasteiger partial charge in [0.2, 0.25) is 0 Å². The van der Waals surface area contributed by atoms with Crippen LogP contribution >= 0.6 is 23.2 Å². The van der Waals surface area contributed by atoms with E-state index < -0.39 is 11.8 Å². The van der Waals surface area contributed by atoms with E-state index in [1.165, 1.54) is 6.07 Å². The molecular weight excluding hydrogens is 430 g/mol. The molecule has 0 bridgehead atoms. The van der Waals surface area contributed by atoms with Crippen LogP contribution in [0.5, 0.6) is 0 Å². The minimum absolute atomic E-state index is 0.232. The second kappa shape index (κ2) is 8.13. The first-order valence-electron chi connectivity index (χ1n) is 9.24. The smallest absolute Gasteiger partial charge is 0.358 e. The van der Waals surface area contributed by atoms with Gasteiger partial charge in [-0.1, -0.05) is 23.2 Å². The minimum atomic E-state index is -0.478. The monoisotopic (exact) mass is 446 g/mol. The summed E-state index contributed by atoms with van der Waals surface area (Å²) in [6.45, 7) is 4.17. The molecule has 30 heavy (non-hydrogen) atoms. The summed E-state index contributed by atoms with van der Waals surface area (Å²) in [6.07, 6.45) is 0. The van der Waals surface area contributed by atoms with Crippen LogP contribution in [0.25, 0.3) is 22.3 Å². The number of halogens is 3. The maximum Gasteiger partial charge on any atom is 0.358 e. The number of fused-ring (bicyclic) bond motifs is 1. The van der Waals surface area contributed by atoms with Gasteiger partial charge in [0.05, 0.1) is 18.7 Å². The maximum absolute atomic E-state index is 14.4. The predicted molar refractivity (Wildman–Crippen MR) is 114 cm³/mol. The van der Waals surface area contributed by atoms with Crippen LogP contribution in [0, 0.1) is 12.7 Å². The van der Waals surface area contributed by atoms with E-state index in [4.69, 9.17) is 32.4 Å². The molecule has 0 aliphatic heterocycles. The summed E-state index contributed by atoms with van der Waals surface area (Å²) < 4.78 is 27.0. The summed E-state index contributed by atoms with van der Waals surface area (Å²) in [6, 6.07) is 11.3. The molecule has 4 aromatic rings. The number of aryl methyl sites for hydroxylation is 1. The molecule has 0 aliphatic carbocycles. The van der Waals surface area contributed by atoms with Crippen molar-refractivity contribution in [3.05, 3.63) is 75.3 Å². The molecular formula is C22H17Cl2FN2O3. The first-order valence-corrected chi connectivity index (χ1v) is 10.00. The van der Waals surface area contributed by atoms with Gasteiger partial charge in [0.25, 0.3) is 0 Å². The Hall–Kier alpha value is -2.83. The normalized spacial score (nSPS) is 11.2. The van der Waals surface area contributed by atoms with Gasteiger partial charge in [0.15, 0.2) is 5.69 Å². The van der Waals surface area contributed by atoms with Crippen molar-refractivity contribution in [1.82, 2.24) is 9.78 Å². The van der Waals surface area contributed by atoms with Crippen molar-refractivity contribution in [3.8, 4) is 11.3 Å². The van der Waals surface area contributed by atoms with E-state index in [0.29, 0.717) is 33.5 Å². The Morgan fingerprint density at radius 2 is 1.97 bits per heavy atom. The van der Waals surface area contributed by atoms with Gasteiger partial charge in [-0.25, -0.2) is 9.18 Å². The van der Waals surface area contributed by atoms with E-state index >= 15 is 0 Å². The van der Waals surface area contributed by atoms with Crippen molar-refractivity contribution in [2.24, 2.45) is 0 Å². The summed E-state index contributed by atoms with van der Waals surface area (Å²) in [4.78, 5) is 12.0. The van der Waals surface area contributed by atoms with Crippen molar-refractivity contribution in [2.45, 2.75) is 20.4 Å². The lowest BCUT2D eigenvalue weighted by Crippen LogP contribution is -2.08. The highest BCUT2D eigenvalue weighted by Crippen LogP contribution is 2.34. The topological polar surface area (TPSA) is 57.3 Å². The Morgan fingerprint density at radius 3 is 2.70 bits per heavy atom. The third-order valence-electron chi connectivity index (χ3n) is 4.64. The average molecular weight is 447 g/mol. The number of ether oxygens (including phenoxy) is 1. The van der Waals surface area contributed by atoms with Gasteiger partial charge in [0, 0.05) is 26.7 Å². The molecule has 2 heterocycles. The zero-order valence-electron chi connectivity index (χ0n) is 16.2. The quantitative estimate of drug-likeness (QED) is 0.338. The number of carbonyl (C=O) groups is 1. The first kappa shape index (κ1) is 20.4. The van der Waals surface area contributed by atoms with E-state index in [0.717, 1.165) is 16.6 Å². The second-order valence-corrected chi connectivity index (χ2v) is 7.64. The van der Waals surface area contributed by atoms with E-state index in [1.54, 1.807) is 48.0 Å². The lowest BCUT2D eigenvalue weighted by atomic mass is 10.1. The Morgan fingerprint density at radius 1 is 1.17 bits per heavy atom. The van der Waals surface area contributed by atoms with Crippen LogP contribution in [0.1, 0.15) is 28.7 Å². The fraction of sp³-hybridized carbons (Fsp3) is 0.182. The Kier molecular flexibility index (Phi) is 5.54. The average Bonchev–Trinajstić information content (AvgIpc) is 3.26. The summed E-state index contributed by atoms with van der Waals surface area (Å²) in [5.41, 5.74) is 2.63. The molecule has 0 unspecified atom stereocenters. The number of aromatic nitrogens is 2. The largest absolute Gasteiger partial charge is 0.461 e. The number of carbonyl (C=O) groups excluding carboxylic acids is 1. The number of rotatable bonds is 5. The molecule has 2 aromatic carbocycles. The number of hydrogen-bond donors (Lipinski definition) is 0. The van der Waals surface area contributed by atoms with E-state index in [1.807, 2.05) is 6.92 Å². The molecule has 4 rings (SSSR count). The van der Waals surface area contributed by atoms with Crippen molar-refractivity contribution in [3.63, 3.8) is 0 Å². The highest BCUT2D eigenvalue weighted by Gasteiger charge is 2.17. The zero-order valence-corrected chi connectivity index (χ0v) is 17.7. The molecule has 5 nitrogen and oxygen atoms in total. The second-order valence-electron chi connectivity index (χ2n) is 6.77. The van der Waals surface area contributed by atoms with Gasteiger partial charge in [-0.2, -0.15) is 5.10 Å². The molecule has 0 fully saturated rings. The molecule has 0 saturated carbocycles. The molecule has 8 heteroatoms. The van der Waals surface area contributed by atoms with Crippen LogP contribution in [-0.2, 0) is 11.3 Å². The van der Waals surface area contributed by atoms with Gasteiger partial charge in [-0.15, -0.1) is 0 Å². The molecule has 0 saturated heterocycles. The number of furan rings is 1. The number of nitrogens with zero attached hydrogens (tertiary/aromatic N) is 2. The molecule has 0 aliphatic rings. The van der Waals surface area contributed by atoms with E-state index in [9.17, 15) is 9.18 Å². The highest BCUT2D eigenvalue weighted by molar-refractivity contribution is 6.31. The van der Waals surface area contributed by atoms with Crippen molar-refractivity contribution in [1.29, 1.82) is 0 Å². The predicted octanol–water partition coefficient (Wildman–Crippen LogP) is 6.28. The molecule has 0 amide bonds. The summed E-state index contributed by atoms with van der Waals surface area (Å²) in [7, 11) is 0. The molecule has 0 N–H and O–H groups in total. The van der Waals surface area contributed by atoms with Crippen LogP contribution in [0.2, 0.25) is 10.0 Å². The zero-order chi connectivity index (χ0) is 21.4. The standard InChI is InChI=1S/C22H17Cl2FN2O3/c1-3-29-22(28)19-6-12(2)27(26-19)11-14-8-16(24)7-13-9-20(30-21(13)14)17-5-4-15(23)10-18(17)25/h4-10H,3,11H2,1-2H3. The van der Waals surface area contributed by atoms with Gasteiger partial charge in [-0.3, -0.25) is 4.68 Å².